The number of rotatable bonds is 12. The Morgan fingerprint density at radius 3 is 2.29 bits per heavy atom. The fourth-order valence-electron chi connectivity index (χ4n) is 7.31. The van der Waals surface area contributed by atoms with Gasteiger partial charge in [0.1, 0.15) is 11.6 Å². The number of aliphatic hydroxyl groups excluding tert-OH is 1. The number of para-hydroxylation sites is 1. The SMILES string of the molecule is C=CCN(Cc1ccccc1)C(=O)C1N(CCO)C(=O)[C@@H]2[C@H](C(=O)N(CC=C)c3ccccc3)[C@]3(CC)CCC12O3. The van der Waals surface area contributed by atoms with Crippen molar-refractivity contribution in [2.24, 2.45) is 11.8 Å². The summed E-state index contributed by atoms with van der Waals surface area (Å²) >= 11 is 0. The van der Waals surface area contributed by atoms with Crippen molar-refractivity contribution < 1.29 is 24.2 Å². The standard InChI is InChI=1S/C33H39N3O5/c1-4-19-34(23-24-13-9-7-10-14-24)31(40)28-33-18-17-32(6-3,41-33)26(27(33)30(39)36(28)21-22-37)29(38)35(20-5-2)25-15-11-8-12-16-25/h4-5,7-16,26-28,37H,1-2,6,17-23H2,3H3/t26-,27+,28?,32+,33?/m1/s1. The smallest absolute Gasteiger partial charge is 0.248 e. The van der Waals surface area contributed by atoms with Crippen LogP contribution in [0.15, 0.2) is 86.0 Å². The molecule has 3 fully saturated rings. The Bertz CT molecular complexity index is 1300. The van der Waals surface area contributed by atoms with E-state index >= 15 is 0 Å². The van der Waals surface area contributed by atoms with Crippen molar-refractivity contribution in [3.63, 3.8) is 0 Å². The largest absolute Gasteiger partial charge is 0.395 e. The van der Waals surface area contributed by atoms with Crippen LogP contribution in [0, 0.1) is 11.8 Å². The van der Waals surface area contributed by atoms with E-state index in [2.05, 4.69) is 13.2 Å². The molecule has 5 atom stereocenters. The summed E-state index contributed by atoms with van der Waals surface area (Å²) in [6.07, 6.45) is 4.93. The van der Waals surface area contributed by atoms with Crippen molar-refractivity contribution >= 4 is 23.4 Å². The molecule has 2 aromatic rings. The Morgan fingerprint density at radius 1 is 1.02 bits per heavy atom. The third-order valence-corrected chi connectivity index (χ3v) is 9.04. The van der Waals surface area contributed by atoms with Gasteiger partial charge in [0.25, 0.3) is 0 Å². The van der Waals surface area contributed by atoms with E-state index in [0.29, 0.717) is 31.5 Å². The molecule has 1 spiro atoms. The molecule has 3 aliphatic heterocycles. The van der Waals surface area contributed by atoms with E-state index in [1.54, 1.807) is 22.0 Å². The van der Waals surface area contributed by atoms with Gasteiger partial charge in [-0.05, 0) is 37.0 Å². The highest BCUT2D eigenvalue weighted by Crippen LogP contribution is 2.64. The molecule has 3 heterocycles. The van der Waals surface area contributed by atoms with Crippen LogP contribution >= 0.6 is 0 Å². The summed E-state index contributed by atoms with van der Waals surface area (Å²) in [7, 11) is 0. The number of benzene rings is 2. The van der Waals surface area contributed by atoms with Gasteiger partial charge in [-0.3, -0.25) is 14.4 Å². The molecule has 2 unspecified atom stereocenters. The molecule has 3 saturated heterocycles. The highest BCUT2D eigenvalue weighted by molar-refractivity contribution is 6.03. The number of carbonyl (C=O) groups excluding carboxylic acids is 3. The van der Waals surface area contributed by atoms with Gasteiger partial charge in [0, 0.05) is 31.9 Å². The lowest BCUT2D eigenvalue weighted by Crippen LogP contribution is -2.56. The van der Waals surface area contributed by atoms with Gasteiger partial charge in [-0.15, -0.1) is 13.2 Å². The fraction of sp³-hybridized carbons (Fsp3) is 0.424. The number of hydrogen-bond donors (Lipinski definition) is 1. The number of aliphatic hydroxyl groups is 1. The first-order chi connectivity index (χ1) is 19.9. The van der Waals surface area contributed by atoms with Gasteiger partial charge in [-0.25, -0.2) is 0 Å². The normalized spacial score (nSPS) is 27.9. The Balaban J connectivity index is 1.56. The van der Waals surface area contributed by atoms with Crippen LogP contribution in [0.25, 0.3) is 0 Å². The molecular formula is C33H39N3O5. The van der Waals surface area contributed by atoms with Gasteiger partial charge < -0.3 is 24.5 Å². The highest BCUT2D eigenvalue weighted by Gasteiger charge is 2.79. The van der Waals surface area contributed by atoms with E-state index < -0.39 is 29.1 Å². The first kappa shape index (κ1) is 28.8. The monoisotopic (exact) mass is 557 g/mol. The van der Waals surface area contributed by atoms with E-state index in [1.165, 1.54) is 4.90 Å². The van der Waals surface area contributed by atoms with Crippen LogP contribution in [0.2, 0.25) is 0 Å². The van der Waals surface area contributed by atoms with Crippen LogP contribution in [0.3, 0.4) is 0 Å². The van der Waals surface area contributed by atoms with Gasteiger partial charge in [0.15, 0.2) is 0 Å². The minimum absolute atomic E-state index is 0.0147. The minimum atomic E-state index is -1.16. The van der Waals surface area contributed by atoms with E-state index in [-0.39, 0.29) is 44.0 Å². The number of carbonyl (C=O) groups is 3. The first-order valence-electron chi connectivity index (χ1n) is 14.4. The van der Waals surface area contributed by atoms with Gasteiger partial charge in [-0.2, -0.15) is 0 Å². The van der Waals surface area contributed by atoms with E-state index in [9.17, 15) is 19.5 Å². The van der Waals surface area contributed by atoms with Crippen LogP contribution in [0.4, 0.5) is 5.69 Å². The predicted molar refractivity (Wildman–Crippen MR) is 157 cm³/mol. The summed E-state index contributed by atoms with van der Waals surface area (Å²) in [5, 5.41) is 9.97. The lowest BCUT2D eigenvalue weighted by molar-refractivity contribution is -0.153. The van der Waals surface area contributed by atoms with Gasteiger partial charge in [0.05, 0.1) is 24.0 Å². The average Bonchev–Trinajstić information content (AvgIpc) is 3.60. The van der Waals surface area contributed by atoms with Crippen molar-refractivity contribution in [1.82, 2.24) is 9.80 Å². The molecule has 8 heteroatoms. The average molecular weight is 558 g/mol. The number of anilines is 1. The second-order valence-electron chi connectivity index (χ2n) is 11.2. The zero-order valence-corrected chi connectivity index (χ0v) is 23.7. The molecule has 0 aromatic heterocycles. The molecule has 2 bridgehead atoms. The molecule has 0 radical (unpaired) electrons. The fourth-order valence-corrected chi connectivity index (χ4v) is 7.31. The summed E-state index contributed by atoms with van der Waals surface area (Å²) < 4.78 is 6.89. The third-order valence-electron chi connectivity index (χ3n) is 9.04. The van der Waals surface area contributed by atoms with Gasteiger partial charge >= 0.3 is 0 Å². The maximum Gasteiger partial charge on any atom is 0.248 e. The molecule has 3 aliphatic rings. The van der Waals surface area contributed by atoms with E-state index in [0.717, 1.165) is 5.56 Å². The molecule has 8 nitrogen and oxygen atoms in total. The maximum atomic E-state index is 14.5. The van der Waals surface area contributed by atoms with Crippen LogP contribution in [-0.4, -0.2) is 76.1 Å². The van der Waals surface area contributed by atoms with Gasteiger partial charge in [0.2, 0.25) is 17.7 Å². The first-order valence-corrected chi connectivity index (χ1v) is 14.4. The molecule has 3 amide bonds. The zero-order chi connectivity index (χ0) is 29.2. The Morgan fingerprint density at radius 2 is 1.68 bits per heavy atom. The van der Waals surface area contributed by atoms with E-state index in [4.69, 9.17) is 4.74 Å². The third kappa shape index (κ3) is 4.69. The number of hydrogen-bond acceptors (Lipinski definition) is 5. The molecular weight excluding hydrogens is 518 g/mol. The quantitative estimate of drug-likeness (QED) is 0.403. The second-order valence-corrected chi connectivity index (χ2v) is 11.2. The van der Waals surface area contributed by atoms with Crippen LogP contribution in [0.1, 0.15) is 31.7 Å². The summed E-state index contributed by atoms with van der Waals surface area (Å²) in [6.45, 7) is 10.3. The zero-order valence-electron chi connectivity index (χ0n) is 23.7. The summed E-state index contributed by atoms with van der Waals surface area (Å²) in [6, 6.07) is 18.1. The number of amides is 3. The Labute approximate surface area is 241 Å². The van der Waals surface area contributed by atoms with Crippen molar-refractivity contribution in [2.75, 3.05) is 31.1 Å². The highest BCUT2D eigenvalue weighted by atomic mass is 16.5. The lowest BCUT2D eigenvalue weighted by atomic mass is 9.64. The Kier molecular flexibility index (Phi) is 8.16. The van der Waals surface area contributed by atoms with Crippen molar-refractivity contribution in [1.29, 1.82) is 0 Å². The van der Waals surface area contributed by atoms with E-state index in [1.807, 2.05) is 67.6 Å². The number of ether oxygens (including phenoxy) is 1. The molecule has 216 valence electrons. The molecule has 0 saturated carbocycles. The molecule has 2 aromatic carbocycles. The molecule has 5 rings (SSSR count). The predicted octanol–water partition coefficient (Wildman–Crippen LogP) is 3.57. The van der Waals surface area contributed by atoms with Crippen LogP contribution in [-0.2, 0) is 25.7 Å². The number of β-amino-alcohol motifs (C(OH)–C–C–N with tert-alkyl or cyclic N) is 1. The topological polar surface area (TPSA) is 90.4 Å². The van der Waals surface area contributed by atoms with Crippen LogP contribution < -0.4 is 4.90 Å². The summed E-state index contributed by atoms with van der Waals surface area (Å²) in [5.41, 5.74) is -0.358. The minimum Gasteiger partial charge on any atom is -0.395 e. The number of fused-ring (bicyclic) bond motifs is 1. The van der Waals surface area contributed by atoms with Crippen molar-refractivity contribution in [3.05, 3.63) is 91.5 Å². The van der Waals surface area contributed by atoms with Gasteiger partial charge in [-0.1, -0.05) is 67.6 Å². The molecule has 1 N–H and O–H groups in total. The number of likely N-dealkylation sites (tertiary alicyclic amines) is 1. The second kappa shape index (κ2) is 11.6. The molecule has 0 aliphatic carbocycles. The van der Waals surface area contributed by atoms with Crippen LogP contribution in [0.5, 0.6) is 0 Å². The number of nitrogens with zero attached hydrogens (tertiary/aromatic N) is 3. The summed E-state index contributed by atoms with van der Waals surface area (Å²) in [4.78, 5) is 48.0. The Hall–Kier alpha value is -3.75. The van der Waals surface area contributed by atoms with Crippen molar-refractivity contribution in [2.45, 2.75) is 50.0 Å². The maximum absolute atomic E-state index is 14.5. The summed E-state index contributed by atoms with van der Waals surface area (Å²) in [5.74, 6) is -2.38. The van der Waals surface area contributed by atoms with Crippen molar-refractivity contribution in [3.8, 4) is 0 Å². The molecule has 41 heavy (non-hydrogen) atoms. The lowest BCUT2D eigenvalue weighted by Gasteiger charge is -2.37.